The molecule has 0 amide bonds. The topological polar surface area (TPSA) is 17.0 Å². The Morgan fingerprint density at radius 2 is 2.12 bits per heavy atom. The van der Waals surface area contributed by atoms with Crippen LogP contribution in [0.4, 0.5) is 13.2 Å². The molecule has 2 rings (SSSR count). The zero-order valence-corrected chi connectivity index (χ0v) is 9.85. The van der Waals surface area contributed by atoms with Gasteiger partial charge in [0.1, 0.15) is 5.54 Å². The second-order valence-electron chi connectivity index (χ2n) is 4.63. The fourth-order valence-electron chi connectivity index (χ4n) is 2.01. The van der Waals surface area contributed by atoms with Crippen LogP contribution in [0.5, 0.6) is 0 Å². The third kappa shape index (κ3) is 2.49. The van der Waals surface area contributed by atoms with Gasteiger partial charge in [0.15, 0.2) is 0 Å². The predicted octanol–water partition coefficient (Wildman–Crippen LogP) is 3.08. The number of hydrogen-bond donors (Lipinski definition) is 1. The van der Waals surface area contributed by atoms with Gasteiger partial charge in [0.05, 0.1) is 0 Å². The van der Waals surface area contributed by atoms with Crippen LogP contribution >= 0.6 is 0 Å². The van der Waals surface area contributed by atoms with Crippen LogP contribution in [0.1, 0.15) is 31.9 Å². The Morgan fingerprint density at radius 3 is 2.65 bits per heavy atom. The molecule has 96 valence electrons. The normalized spacial score (nSPS) is 18.4. The maximum Gasteiger partial charge on any atom is 0.406 e. The maximum atomic E-state index is 12.7. The molecular weight excluding hydrogens is 229 g/mol. The zero-order valence-electron chi connectivity index (χ0n) is 9.85. The summed E-state index contributed by atoms with van der Waals surface area (Å²) in [6.45, 7) is 3.19. The Balaban J connectivity index is 1.96. The van der Waals surface area contributed by atoms with E-state index in [4.69, 9.17) is 0 Å². The summed E-state index contributed by atoms with van der Waals surface area (Å²) >= 11 is 0. The van der Waals surface area contributed by atoms with E-state index in [0.29, 0.717) is 0 Å². The summed E-state index contributed by atoms with van der Waals surface area (Å²) in [6, 6.07) is 3.74. The lowest BCUT2D eigenvalue weighted by molar-refractivity contribution is -0.166. The molecule has 17 heavy (non-hydrogen) atoms. The molecule has 2 nitrogen and oxygen atoms in total. The van der Waals surface area contributed by atoms with Crippen molar-refractivity contribution in [1.29, 1.82) is 0 Å². The summed E-state index contributed by atoms with van der Waals surface area (Å²) in [7, 11) is 0. The molecule has 1 aliphatic rings. The quantitative estimate of drug-likeness (QED) is 0.844. The molecule has 0 aromatic carbocycles. The van der Waals surface area contributed by atoms with Crippen LogP contribution in [0.25, 0.3) is 0 Å². The largest absolute Gasteiger partial charge is 0.406 e. The molecular formula is C12H17F3N2. The maximum absolute atomic E-state index is 12.7. The van der Waals surface area contributed by atoms with Gasteiger partial charge >= 0.3 is 6.18 Å². The van der Waals surface area contributed by atoms with Gasteiger partial charge in [-0.1, -0.05) is 6.92 Å². The van der Waals surface area contributed by atoms with E-state index in [1.807, 2.05) is 22.9 Å². The average Bonchev–Trinajstić information content (AvgIpc) is 2.93. The molecule has 0 atom stereocenters. The van der Waals surface area contributed by atoms with Crippen LogP contribution in [-0.2, 0) is 13.1 Å². The van der Waals surface area contributed by atoms with Gasteiger partial charge in [-0.3, -0.25) is 5.32 Å². The summed E-state index contributed by atoms with van der Waals surface area (Å²) in [6.07, 6.45) is -0.842. The van der Waals surface area contributed by atoms with Gasteiger partial charge in [-0.25, -0.2) is 0 Å². The number of aromatic nitrogens is 1. The summed E-state index contributed by atoms with van der Waals surface area (Å²) < 4.78 is 40.1. The van der Waals surface area contributed by atoms with Gasteiger partial charge in [-0.2, -0.15) is 13.2 Å². The number of rotatable bonds is 5. The van der Waals surface area contributed by atoms with Crippen LogP contribution < -0.4 is 5.32 Å². The highest BCUT2D eigenvalue weighted by molar-refractivity contribution is 5.12. The minimum atomic E-state index is -4.13. The molecule has 1 fully saturated rings. The minimum Gasteiger partial charge on any atom is -0.350 e. The molecule has 1 aliphatic carbocycles. The molecule has 5 heteroatoms. The van der Waals surface area contributed by atoms with Gasteiger partial charge in [0.2, 0.25) is 0 Å². The SMILES string of the molecule is CCCn1cccc1CNC1(C(F)(F)F)CC1. The first-order valence-corrected chi connectivity index (χ1v) is 5.94. The van der Waals surface area contributed by atoms with E-state index in [1.54, 1.807) is 0 Å². The third-order valence-electron chi connectivity index (χ3n) is 3.29. The van der Waals surface area contributed by atoms with E-state index in [0.717, 1.165) is 18.7 Å². The van der Waals surface area contributed by atoms with Crippen molar-refractivity contribution in [2.24, 2.45) is 0 Å². The standard InChI is InChI=1S/C12H17F3N2/c1-2-7-17-8-3-4-10(17)9-16-11(5-6-11)12(13,14)15/h3-4,8,16H,2,5-7,9H2,1H3. The van der Waals surface area contributed by atoms with Gasteiger partial charge in [-0.15, -0.1) is 0 Å². The van der Waals surface area contributed by atoms with Crippen LogP contribution in [0.3, 0.4) is 0 Å². The summed E-state index contributed by atoms with van der Waals surface area (Å²) in [4.78, 5) is 0. The van der Waals surface area contributed by atoms with Crippen LogP contribution in [0, 0.1) is 0 Å². The Hall–Kier alpha value is -0.970. The summed E-state index contributed by atoms with van der Waals surface area (Å²) in [5.41, 5.74) is -0.698. The molecule has 1 N–H and O–H groups in total. The predicted molar refractivity (Wildman–Crippen MR) is 59.6 cm³/mol. The van der Waals surface area contributed by atoms with Crippen LogP contribution in [0.2, 0.25) is 0 Å². The Bertz CT molecular complexity index is 377. The lowest BCUT2D eigenvalue weighted by atomic mass is 10.2. The van der Waals surface area contributed by atoms with Crippen molar-refractivity contribution in [3.63, 3.8) is 0 Å². The Kier molecular flexibility index (Phi) is 3.21. The number of halogens is 3. The molecule has 1 saturated carbocycles. The fraction of sp³-hybridized carbons (Fsp3) is 0.667. The molecule has 1 aromatic rings. The zero-order chi connectivity index (χ0) is 12.5. The van der Waals surface area contributed by atoms with E-state index >= 15 is 0 Å². The first kappa shape index (κ1) is 12.5. The van der Waals surface area contributed by atoms with Gasteiger partial charge in [-0.05, 0) is 31.4 Å². The third-order valence-corrected chi connectivity index (χ3v) is 3.29. The van der Waals surface area contributed by atoms with E-state index in [1.165, 1.54) is 0 Å². The first-order chi connectivity index (χ1) is 7.98. The Morgan fingerprint density at radius 1 is 1.41 bits per heavy atom. The molecule has 1 aromatic heterocycles. The Labute approximate surface area is 98.8 Å². The second kappa shape index (κ2) is 4.37. The van der Waals surface area contributed by atoms with Crippen molar-refractivity contribution >= 4 is 0 Å². The molecule has 0 aliphatic heterocycles. The van der Waals surface area contributed by atoms with E-state index in [9.17, 15) is 13.2 Å². The first-order valence-electron chi connectivity index (χ1n) is 5.94. The van der Waals surface area contributed by atoms with Crippen molar-refractivity contribution in [1.82, 2.24) is 9.88 Å². The van der Waals surface area contributed by atoms with Crippen molar-refractivity contribution in [2.45, 2.75) is 51.0 Å². The summed E-state index contributed by atoms with van der Waals surface area (Å²) in [5, 5.41) is 2.67. The monoisotopic (exact) mass is 246 g/mol. The summed E-state index contributed by atoms with van der Waals surface area (Å²) in [5.74, 6) is 0. The number of aryl methyl sites for hydroxylation is 1. The lowest BCUT2D eigenvalue weighted by Crippen LogP contribution is -2.44. The number of nitrogens with zero attached hydrogens (tertiary/aromatic N) is 1. The van der Waals surface area contributed by atoms with Crippen molar-refractivity contribution in [3.05, 3.63) is 24.0 Å². The molecule has 1 heterocycles. The molecule has 0 radical (unpaired) electrons. The average molecular weight is 246 g/mol. The number of alkyl halides is 3. The van der Waals surface area contributed by atoms with Crippen LogP contribution in [0.15, 0.2) is 18.3 Å². The molecule has 0 spiro atoms. The van der Waals surface area contributed by atoms with Crippen LogP contribution in [-0.4, -0.2) is 16.3 Å². The van der Waals surface area contributed by atoms with Gasteiger partial charge in [0.25, 0.3) is 0 Å². The van der Waals surface area contributed by atoms with Gasteiger partial charge < -0.3 is 4.57 Å². The second-order valence-corrected chi connectivity index (χ2v) is 4.63. The van der Waals surface area contributed by atoms with E-state index < -0.39 is 11.7 Å². The fourth-order valence-corrected chi connectivity index (χ4v) is 2.01. The van der Waals surface area contributed by atoms with Crippen molar-refractivity contribution in [3.8, 4) is 0 Å². The van der Waals surface area contributed by atoms with E-state index in [2.05, 4.69) is 12.2 Å². The van der Waals surface area contributed by atoms with Crippen molar-refractivity contribution in [2.75, 3.05) is 0 Å². The number of hydrogen-bond acceptors (Lipinski definition) is 1. The molecule has 0 unspecified atom stereocenters. The molecule has 0 saturated heterocycles. The highest BCUT2D eigenvalue weighted by Gasteiger charge is 2.62. The smallest absolute Gasteiger partial charge is 0.350 e. The molecule has 0 bridgehead atoms. The van der Waals surface area contributed by atoms with Gasteiger partial charge in [0, 0.05) is 25.0 Å². The highest BCUT2D eigenvalue weighted by atomic mass is 19.4. The highest BCUT2D eigenvalue weighted by Crippen LogP contribution is 2.49. The minimum absolute atomic E-state index is 0.199. The van der Waals surface area contributed by atoms with Crippen molar-refractivity contribution < 1.29 is 13.2 Å². The van der Waals surface area contributed by atoms with E-state index in [-0.39, 0.29) is 19.4 Å². The number of nitrogens with one attached hydrogen (secondary N) is 1. The lowest BCUT2D eigenvalue weighted by Gasteiger charge is -2.21.